The summed E-state index contributed by atoms with van der Waals surface area (Å²) < 4.78 is 4.70. The van der Waals surface area contributed by atoms with E-state index >= 15 is 0 Å². The number of methoxy groups -OCH3 is 1. The van der Waals surface area contributed by atoms with Crippen LogP contribution in [0.25, 0.3) is 0 Å². The summed E-state index contributed by atoms with van der Waals surface area (Å²) in [5.41, 5.74) is 0.222. The van der Waals surface area contributed by atoms with E-state index in [-0.39, 0.29) is 30.2 Å². The highest BCUT2D eigenvalue weighted by Gasteiger charge is 2.37. The Labute approximate surface area is 126 Å². The zero-order chi connectivity index (χ0) is 15.6. The zero-order valence-electron chi connectivity index (χ0n) is 11.4. The molecule has 8 heteroatoms. The lowest BCUT2D eigenvalue weighted by Gasteiger charge is -2.22. The van der Waals surface area contributed by atoms with Gasteiger partial charge in [-0.15, -0.1) is 0 Å². The summed E-state index contributed by atoms with van der Waals surface area (Å²) in [6.45, 7) is 0.342. The van der Waals surface area contributed by atoms with Crippen LogP contribution in [0, 0.1) is 10.1 Å². The van der Waals surface area contributed by atoms with Crippen molar-refractivity contribution in [1.29, 1.82) is 0 Å². The van der Waals surface area contributed by atoms with Crippen LogP contribution in [0.2, 0.25) is 5.02 Å². The Morgan fingerprint density at radius 1 is 1.62 bits per heavy atom. The molecule has 21 heavy (non-hydrogen) atoms. The van der Waals surface area contributed by atoms with Gasteiger partial charge in [-0.05, 0) is 6.07 Å². The number of ether oxygens (including phenoxy) is 1. The second-order valence-electron chi connectivity index (χ2n) is 4.85. The summed E-state index contributed by atoms with van der Waals surface area (Å²) in [4.78, 5) is 23.9. The fraction of sp³-hybridized carbons (Fsp3) is 0.462. The second kappa shape index (κ2) is 6.38. The topological polar surface area (TPSA) is 92.9 Å². The Bertz CT molecular complexity index is 565. The largest absolute Gasteiger partial charge is 0.468 e. The highest BCUT2D eigenvalue weighted by Crippen LogP contribution is 2.30. The van der Waals surface area contributed by atoms with Gasteiger partial charge < -0.3 is 9.84 Å². The van der Waals surface area contributed by atoms with Crippen LogP contribution in [-0.4, -0.2) is 46.7 Å². The number of carbonyl (C=O) groups is 1. The highest BCUT2D eigenvalue weighted by atomic mass is 35.5. The minimum absolute atomic E-state index is 0.104. The molecule has 0 spiro atoms. The lowest BCUT2D eigenvalue weighted by Crippen LogP contribution is -2.36. The van der Waals surface area contributed by atoms with E-state index in [1.807, 2.05) is 0 Å². The van der Waals surface area contributed by atoms with Gasteiger partial charge in [-0.3, -0.25) is 19.8 Å². The van der Waals surface area contributed by atoms with Crippen LogP contribution in [0.3, 0.4) is 0 Å². The monoisotopic (exact) mass is 314 g/mol. The maximum Gasteiger partial charge on any atom is 0.323 e. The van der Waals surface area contributed by atoms with Crippen molar-refractivity contribution in [2.75, 3.05) is 13.7 Å². The van der Waals surface area contributed by atoms with E-state index in [1.165, 1.54) is 19.2 Å². The van der Waals surface area contributed by atoms with Gasteiger partial charge in [-0.1, -0.05) is 17.7 Å². The number of hydrogen-bond donors (Lipinski definition) is 1. The third-order valence-corrected chi connectivity index (χ3v) is 3.86. The molecule has 2 unspecified atom stereocenters. The van der Waals surface area contributed by atoms with Crippen molar-refractivity contribution in [3.63, 3.8) is 0 Å². The molecule has 0 aliphatic carbocycles. The lowest BCUT2D eigenvalue weighted by molar-refractivity contribution is -0.385. The number of nitrogens with zero attached hydrogens (tertiary/aromatic N) is 2. The zero-order valence-corrected chi connectivity index (χ0v) is 12.1. The molecular formula is C13H15ClN2O5. The highest BCUT2D eigenvalue weighted by molar-refractivity contribution is 6.31. The van der Waals surface area contributed by atoms with Gasteiger partial charge in [-0.25, -0.2) is 0 Å². The molecule has 1 aromatic carbocycles. The number of esters is 1. The van der Waals surface area contributed by atoms with Gasteiger partial charge in [0.05, 0.1) is 28.7 Å². The van der Waals surface area contributed by atoms with Crippen molar-refractivity contribution in [2.45, 2.75) is 25.1 Å². The number of aliphatic hydroxyl groups is 1. The number of nitro groups is 1. The molecule has 1 aromatic rings. The number of likely N-dealkylation sites (tertiary alicyclic amines) is 1. The van der Waals surface area contributed by atoms with Crippen molar-refractivity contribution in [1.82, 2.24) is 4.90 Å². The van der Waals surface area contributed by atoms with Crippen LogP contribution in [0.4, 0.5) is 5.69 Å². The molecule has 1 saturated heterocycles. The number of benzene rings is 1. The third-order valence-electron chi connectivity index (χ3n) is 3.51. The van der Waals surface area contributed by atoms with Crippen molar-refractivity contribution in [2.24, 2.45) is 0 Å². The van der Waals surface area contributed by atoms with Crippen LogP contribution in [-0.2, 0) is 16.1 Å². The van der Waals surface area contributed by atoms with Crippen LogP contribution in [0.5, 0.6) is 0 Å². The Kier molecular flexibility index (Phi) is 4.76. The molecule has 1 N–H and O–H groups in total. The van der Waals surface area contributed by atoms with Gasteiger partial charge in [0.1, 0.15) is 6.04 Å². The maximum atomic E-state index is 11.7. The first-order chi connectivity index (χ1) is 9.93. The van der Waals surface area contributed by atoms with Gasteiger partial charge >= 0.3 is 5.97 Å². The van der Waals surface area contributed by atoms with E-state index in [9.17, 15) is 20.0 Å². The first kappa shape index (κ1) is 15.7. The van der Waals surface area contributed by atoms with Gasteiger partial charge in [0, 0.05) is 25.6 Å². The Morgan fingerprint density at radius 3 is 2.95 bits per heavy atom. The molecule has 0 aromatic heterocycles. The normalized spacial score (nSPS) is 22.2. The quantitative estimate of drug-likeness (QED) is 0.512. The Morgan fingerprint density at radius 2 is 2.33 bits per heavy atom. The fourth-order valence-corrected chi connectivity index (χ4v) is 2.74. The van der Waals surface area contributed by atoms with Crippen LogP contribution >= 0.6 is 11.6 Å². The molecule has 1 aliphatic rings. The standard InChI is InChI=1S/C13H15ClN2O5/c1-21-13(18)12-5-8(17)6-15(12)7-9-10(14)3-2-4-11(9)16(19)20/h2-4,8,12,17H,5-7H2,1H3. The minimum Gasteiger partial charge on any atom is -0.468 e. The van der Waals surface area contributed by atoms with Crippen molar-refractivity contribution >= 4 is 23.3 Å². The first-order valence-corrected chi connectivity index (χ1v) is 6.73. The van der Waals surface area contributed by atoms with Gasteiger partial charge in [-0.2, -0.15) is 0 Å². The summed E-state index contributed by atoms with van der Waals surface area (Å²) in [5, 5.41) is 21.1. The molecule has 0 saturated carbocycles. The van der Waals surface area contributed by atoms with Crippen molar-refractivity contribution < 1.29 is 19.6 Å². The summed E-state index contributed by atoms with van der Waals surface area (Å²) in [7, 11) is 1.27. The first-order valence-electron chi connectivity index (χ1n) is 6.35. The Hall–Kier alpha value is -1.70. The number of aliphatic hydroxyl groups excluding tert-OH is 1. The SMILES string of the molecule is COC(=O)C1CC(O)CN1Cc1c(Cl)cccc1[N+](=O)[O-]. The number of hydrogen-bond acceptors (Lipinski definition) is 6. The summed E-state index contributed by atoms with van der Waals surface area (Å²) in [6, 6.07) is 3.80. The molecule has 0 amide bonds. The van der Waals surface area contributed by atoms with E-state index in [4.69, 9.17) is 16.3 Å². The molecule has 7 nitrogen and oxygen atoms in total. The summed E-state index contributed by atoms with van der Waals surface area (Å²) in [6.07, 6.45) is -0.430. The Balaban J connectivity index is 2.28. The van der Waals surface area contributed by atoms with E-state index in [2.05, 4.69) is 0 Å². The van der Waals surface area contributed by atoms with Crippen molar-refractivity contribution in [3.05, 3.63) is 38.9 Å². The number of β-amino-alcohol motifs (C(OH)–C–C–N with tert-alkyl or cyclic N) is 1. The van der Waals surface area contributed by atoms with E-state index in [1.54, 1.807) is 11.0 Å². The second-order valence-corrected chi connectivity index (χ2v) is 5.26. The predicted molar refractivity (Wildman–Crippen MR) is 74.9 cm³/mol. The molecule has 0 bridgehead atoms. The molecule has 2 rings (SSSR count). The molecule has 1 aliphatic heterocycles. The number of halogens is 1. The molecule has 0 radical (unpaired) electrons. The van der Waals surface area contributed by atoms with Gasteiger partial charge in [0.2, 0.25) is 0 Å². The fourth-order valence-electron chi connectivity index (χ4n) is 2.51. The van der Waals surface area contributed by atoms with Crippen LogP contribution < -0.4 is 0 Å². The average molecular weight is 315 g/mol. The van der Waals surface area contributed by atoms with E-state index in [0.717, 1.165) is 0 Å². The third kappa shape index (κ3) is 3.31. The summed E-state index contributed by atoms with van der Waals surface area (Å²) >= 11 is 6.04. The molecule has 1 fully saturated rings. The average Bonchev–Trinajstić information content (AvgIpc) is 2.80. The number of nitro benzene ring substituents is 1. The van der Waals surface area contributed by atoms with Crippen molar-refractivity contribution in [3.8, 4) is 0 Å². The maximum absolute atomic E-state index is 11.7. The lowest BCUT2D eigenvalue weighted by atomic mass is 10.1. The minimum atomic E-state index is -0.671. The number of rotatable bonds is 4. The van der Waals surface area contributed by atoms with Crippen LogP contribution in [0.15, 0.2) is 18.2 Å². The van der Waals surface area contributed by atoms with Gasteiger partial charge in [0.15, 0.2) is 0 Å². The van der Waals surface area contributed by atoms with E-state index < -0.39 is 23.0 Å². The van der Waals surface area contributed by atoms with Crippen LogP contribution in [0.1, 0.15) is 12.0 Å². The molecule has 1 heterocycles. The number of carbonyl (C=O) groups excluding carboxylic acids is 1. The predicted octanol–water partition coefficient (Wildman–Crippen LogP) is 1.36. The molecular weight excluding hydrogens is 300 g/mol. The van der Waals surface area contributed by atoms with Gasteiger partial charge in [0.25, 0.3) is 5.69 Å². The smallest absolute Gasteiger partial charge is 0.323 e. The summed E-state index contributed by atoms with van der Waals surface area (Å²) in [5.74, 6) is -0.471. The van der Waals surface area contributed by atoms with E-state index in [0.29, 0.717) is 5.56 Å². The molecule has 114 valence electrons. The molecule has 2 atom stereocenters.